The first-order valence-electron chi connectivity index (χ1n) is 16.4. The lowest BCUT2D eigenvalue weighted by Crippen LogP contribution is -2.19. The molecule has 288 valence electrons. The van der Waals surface area contributed by atoms with E-state index >= 15 is 0 Å². The van der Waals surface area contributed by atoms with Crippen LogP contribution in [-0.2, 0) is 66.8 Å². The summed E-state index contributed by atoms with van der Waals surface area (Å²) in [7, 11) is 0. The van der Waals surface area contributed by atoms with Crippen LogP contribution in [0.5, 0.6) is 0 Å². The molecule has 0 aromatic carbocycles. The van der Waals surface area contributed by atoms with Crippen LogP contribution in [0.4, 0.5) is 0 Å². The summed E-state index contributed by atoms with van der Waals surface area (Å²) >= 11 is 10.4. The number of unbranched alkanes of at least 4 members (excludes halogenated alkanes) is 8. The monoisotopic (exact) mass is 760 g/mol. The van der Waals surface area contributed by atoms with Crippen LogP contribution in [0.15, 0.2) is 0 Å². The Labute approximate surface area is 301 Å². The van der Waals surface area contributed by atoms with Gasteiger partial charge in [-0.1, -0.05) is 0 Å². The van der Waals surface area contributed by atoms with E-state index in [-0.39, 0.29) is 76.2 Å². The summed E-state index contributed by atoms with van der Waals surface area (Å²) in [6.07, 6.45) is 8.38. The van der Waals surface area contributed by atoms with E-state index in [4.69, 9.17) is 61.8 Å². The number of carboxylic acids is 2. The van der Waals surface area contributed by atoms with Crippen molar-refractivity contribution in [2.24, 2.45) is 0 Å². The molecule has 2 N–H and O–H groups in total. The van der Waals surface area contributed by atoms with Crippen molar-refractivity contribution in [1.29, 1.82) is 0 Å². The zero-order valence-corrected chi connectivity index (χ0v) is 29.8. The minimum atomic E-state index is -0.849. The lowest BCUT2D eigenvalue weighted by Gasteiger charge is -2.06. The molecule has 0 fully saturated rings. The fourth-order valence-electron chi connectivity index (χ4n) is 3.54. The molecule has 50 heavy (non-hydrogen) atoms. The average Bonchev–Trinajstić information content (AvgIpc) is 3.03. The molecule has 0 rings (SSSR count). The number of esters is 4. The van der Waals surface area contributed by atoms with Gasteiger partial charge in [-0.25, -0.2) is 19.2 Å². The SMILES string of the molecule is O=C(Cl)CCCCCOC(=O)COCC(=O)OCCCCCC(=O)Cl.O=C(O)CCCCCOC(=O)COCC(=O)OCCCCCC(=O)O. The molecular formula is C32H50Cl2O16. The lowest BCUT2D eigenvalue weighted by atomic mass is 10.2. The molecule has 0 radical (unpaired) electrons. The topological polar surface area (TPSA) is 232 Å². The summed E-state index contributed by atoms with van der Waals surface area (Å²) in [6.45, 7) is -0.543. The molecule has 0 bridgehead atoms. The third-order valence-corrected chi connectivity index (χ3v) is 6.42. The smallest absolute Gasteiger partial charge is 0.332 e. The minimum Gasteiger partial charge on any atom is -0.481 e. The molecule has 0 aliphatic carbocycles. The van der Waals surface area contributed by atoms with Gasteiger partial charge in [0.05, 0.1) is 26.4 Å². The van der Waals surface area contributed by atoms with E-state index in [1.54, 1.807) is 0 Å². The second-order valence-corrected chi connectivity index (χ2v) is 11.5. The van der Waals surface area contributed by atoms with Crippen LogP contribution < -0.4 is 0 Å². The number of hydrogen-bond acceptors (Lipinski definition) is 14. The van der Waals surface area contributed by atoms with Crippen molar-refractivity contribution in [3.8, 4) is 0 Å². The molecule has 18 heteroatoms. The number of halogens is 2. The molecule has 0 aliphatic rings. The summed E-state index contributed by atoms with van der Waals surface area (Å²) in [5.41, 5.74) is 0. The first-order chi connectivity index (χ1) is 23.8. The quantitative estimate of drug-likeness (QED) is 0.0425. The van der Waals surface area contributed by atoms with Gasteiger partial charge in [0.15, 0.2) is 0 Å². The predicted octanol–water partition coefficient (Wildman–Crippen LogP) is 4.12. The molecule has 0 saturated heterocycles. The van der Waals surface area contributed by atoms with Gasteiger partial charge in [0.2, 0.25) is 10.5 Å². The summed E-state index contributed by atoms with van der Waals surface area (Å²) in [5, 5.41) is 16.2. The Kier molecular flexibility index (Phi) is 34.6. The Hall–Kier alpha value is -3.34. The maximum Gasteiger partial charge on any atom is 0.332 e. The Balaban J connectivity index is 0. The van der Waals surface area contributed by atoms with E-state index in [0.29, 0.717) is 77.0 Å². The zero-order valence-electron chi connectivity index (χ0n) is 28.3. The normalized spacial score (nSPS) is 10.3. The maximum absolute atomic E-state index is 11.3. The van der Waals surface area contributed by atoms with Crippen LogP contribution in [0.25, 0.3) is 0 Å². The Morgan fingerprint density at radius 2 is 0.600 bits per heavy atom. The van der Waals surface area contributed by atoms with Gasteiger partial charge in [0, 0.05) is 25.7 Å². The van der Waals surface area contributed by atoms with Gasteiger partial charge in [-0.15, -0.1) is 0 Å². The standard InChI is InChI=1S/C16H24Cl2O7.C16H26O9/c17-13(19)7-3-1-5-9-24-15(21)11-23-12-16(22)25-10-6-2-4-8-14(18)20;17-13(18)7-3-1-5-9-24-15(21)11-23-12-16(22)25-10-6-2-4-8-14(19)20/h1-12H2;1-12H2,(H,17,18)(H,19,20). The van der Waals surface area contributed by atoms with Crippen LogP contribution in [0.2, 0.25) is 0 Å². The van der Waals surface area contributed by atoms with Crippen LogP contribution in [0.3, 0.4) is 0 Å². The Morgan fingerprint density at radius 3 is 0.820 bits per heavy atom. The first kappa shape index (κ1) is 48.8. The average molecular weight is 762 g/mol. The highest BCUT2D eigenvalue weighted by molar-refractivity contribution is 6.63. The number of rotatable bonds is 32. The van der Waals surface area contributed by atoms with Crippen molar-refractivity contribution < 1.29 is 77.0 Å². The second-order valence-electron chi connectivity index (χ2n) is 10.6. The van der Waals surface area contributed by atoms with Gasteiger partial charge < -0.3 is 38.6 Å². The van der Waals surface area contributed by atoms with Gasteiger partial charge in [-0.2, -0.15) is 0 Å². The summed E-state index contributed by atoms with van der Waals surface area (Å²) < 4.78 is 29.3. The maximum atomic E-state index is 11.3. The number of carbonyl (C=O) groups excluding carboxylic acids is 6. The number of aliphatic carboxylic acids is 2. The molecule has 16 nitrogen and oxygen atoms in total. The van der Waals surface area contributed by atoms with Crippen molar-refractivity contribution in [3.05, 3.63) is 0 Å². The van der Waals surface area contributed by atoms with Crippen molar-refractivity contribution >= 4 is 69.5 Å². The molecule has 0 unspecified atom stereocenters. The number of ether oxygens (including phenoxy) is 6. The molecule has 0 aliphatic heterocycles. The summed E-state index contributed by atoms with van der Waals surface area (Å²) in [5.74, 6) is -4.02. The molecular weight excluding hydrogens is 711 g/mol. The summed E-state index contributed by atoms with van der Waals surface area (Å²) in [4.78, 5) is 86.9. The highest BCUT2D eigenvalue weighted by Gasteiger charge is 2.09. The van der Waals surface area contributed by atoms with Gasteiger partial charge in [0.25, 0.3) is 0 Å². The Morgan fingerprint density at radius 1 is 0.360 bits per heavy atom. The van der Waals surface area contributed by atoms with E-state index in [2.05, 4.69) is 0 Å². The van der Waals surface area contributed by atoms with Crippen LogP contribution in [0.1, 0.15) is 103 Å². The van der Waals surface area contributed by atoms with E-state index in [1.165, 1.54) is 0 Å². The highest BCUT2D eigenvalue weighted by Crippen LogP contribution is 2.05. The van der Waals surface area contributed by atoms with Gasteiger partial charge in [-0.05, 0) is 100 Å². The van der Waals surface area contributed by atoms with Gasteiger partial charge in [-0.3, -0.25) is 19.2 Å². The largest absolute Gasteiger partial charge is 0.481 e. The van der Waals surface area contributed by atoms with E-state index in [0.717, 1.165) is 12.8 Å². The van der Waals surface area contributed by atoms with Crippen LogP contribution >= 0.6 is 23.2 Å². The fourth-order valence-corrected chi connectivity index (χ4v) is 3.81. The number of hydrogen-bond donors (Lipinski definition) is 2. The van der Waals surface area contributed by atoms with Gasteiger partial charge >= 0.3 is 35.8 Å². The van der Waals surface area contributed by atoms with E-state index in [1.807, 2.05) is 0 Å². The third-order valence-electron chi connectivity index (χ3n) is 6.04. The number of carboxylic acid groups (broad SMARTS) is 2. The minimum absolute atomic E-state index is 0.0960. The molecule has 0 heterocycles. The fraction of sp³-hybridized carbons (Fsp3) is 0.750. The van der Waals surface area contributed by atoms with Gasteiger partial charge in [0.1, 0.15) is 26.4 Å². The van der Waals surface area contributed by atoms with E-state index in [9.17, 15) is 38.4 Å². The molecule has 0 amide bonds. The summed E-state index contributed by atoms with van der Waals surface area (Å²) in [6, 6.07) is 0. The Bertz CT molecular complexity index is 851. The molecule has 0 spiro atoms. The van der Waals surface area contributed by atoms with Crippen molar-refractivity contribution in [1.82, 2.24) is 0 Å². The molecule has 0 aromatic heterocycles. The van der Waals surface area contributed by atoms with Crippen molar-refractivity contribution in [2.45, 2.75) is 103 Å². The molecule has 0 atom stereocenters. The molecule has 0 saturated carbocycles. The second kappa shape index (κ2) is 35.5. The number of carbonyl (C=O) groups is 8. The first-order valence-corrected chi connectivity index (χ1v) is 17.2. The zero-order chi connectivity index (χ0) is 37.8. The van der Waals surface area contributed by atoms with Crippen molar-refractivity contribution in [3.63, 3.8) is 0 Å². The van der Waals surface area contributed by atoms with Crippen LogP contribution in [-0.4, -0.2) is 109 Å². The lowest BCUT2D eigenvalue weighted by molar-refractivity contribution is -0.157. The highest BCUT2D eigenvalue weighted by atomic mass is 35.5. The van der Waals surface area contributed by atoms with Crippen LogP contribution in [0, 0.1) is 0 Å². The van der Waals surface area contributed by atoms with Crippen molar-refractivity contribution in [2.75, 3.05) is 52.9 Å². The molecule has 0 aromatic rings. The van der Waals surface area contributed by atoms with E-state index < -0.39 is 35.8 Å². The third kappa shape index (κ3) is 42.7. The predicted molar refractivity (Wildman–Crippen MR) is 176 cm³/mol.